The highest BCUT2D eigenvalue weighted by molar-refractivity contribution is 7.11. The molecular weight excluding hydrogens is 258 g/mol. The Morgan fingerprint density at radius 2 is 2.37 bits per heavy atom. The smallest absolute Gasteiger partial charge is 0.252 e. The number of fused-ring (bicyclic) bond motifs is 1. The van der Waals surface area contributed by atoms with Gasteiger partial charge >= 0.3 is 0 Å². The van der Waals surface area contributed by atoms with Gasteiger partial charge in [-0.2, -0.15) is 0 Å². The third-order valence-corrected chi connectivity index (χ3v) is 4.41. The number of carbonyl (C=O) groups is 1. The van der Waals surface area contributed by atoms with Crippen LogP contribution >= 0.6 is 11.3 Å². The van der Waals surface area contributed by atoms with Crippen molar-refractivity contribution in [3.8, 4) is 0 Å². The molecule has 0 saturated heterocycles. The van der Waals surface area contributed by atoms with Crippen molar-refractivity contribution < 1.29 is 4.79 Å². The second-order valence-corrected chi connectivity index (χ2v) is 5.75. The number of nitrogens with one attached hydrogen (secondary N) is 1. The summed E-state index contributed by atoms with van der Waals surface area (Å²) in [6.45, 7) is 0.625. The number of thiazole rings is 1. The summed E-state index contributed by atoms with van der Waals surface area (Å²) in [5.74, 6) is -0.0720. The van der Waals surface area contributed by atoms with Gasteiger partial charge in [0.2, 0.25) is 0 Å². The summed E-state index contributed by atoms with van der Waals surface area (Å²) in [6.07, 6.45) is 7.58. The Hall–Kier alpha value is -1.75. The van der Waals surface area contributed by atoms with Crippen molar-refractivity contribution in [3.63, 3.8) is 0 Å². The van der Waals surface area contributed by atoms with Crippen molar-refractivity contribution in [2.24, 2.45) is 0 Å². The molecule has 1 aliphatic carbocycles. The van der Waals surface area contributed by atoms with E-state index in [1.165, 1.54) is 23.4 Å². The Bertz CT molecular complexity index is 558. The maximum Gasteiger partial charge on any atom is 0.252 e. The fraction of sp³-hybridized carbons (Fsp3) is 0.357. The van der Waals surface area contributed by atoms with Gasteiger partial charge < -0.3 is 5.32 Å². The van der Waals surface area contributed by atoms with Crippen molar-refractivity contribution >= 4 is 17.2 Å². The molecule has 2 heterocycles. The standard InChI is InChI=1S/C14H15N3OS/c18-14(10-3-2-7-15-9-10)16-8-6-13-17-11-4-1-5-12(11)19-13/h2-3,7,9H,1,4-6,8H2,(H,16,18). The number of pyridine rings is 1. The molecule has 3 rings (SSSR count). The minimum absolute atomic E-state index is 0.0720. The van der Waals surface area contributed by atoms with E-state index in [0.717, 1.165) is 17.8 Å². The Morgan fingerprint density at radius 3 is 3.16 bits per heavy atom. The van der Waals surface area contributed by atoms with E-state index in [1.807, 2.05) is 0 Å². The molecule has 0 aromatic carbocycles. The van der Waals surface area contributed by atoms with Crippen LogP contribution in [0.4, 0.5) is 0 Å². The summed E-state index contributed by atoms with van der Waals surface area (Å²) in [7, 11) is 0. The van der Waals surface area contributed by atoms with Gasteiger partial charge in [-0.3, -0.25) is 9.78 Å². The zero-order chi connectivity index (χ0) is 13.1. The molecule has 0 radical (unpaired) electrons. The lowest BCUT2D eigenvalue weighted by Crippen LogP contribution is -2.25. The number of hydrogen-bond donors (Lipinski definition) is 1. The van der Waals surface area contributed by atoms with Gasteiger partial charge in [0.05, 0.1) is 16.3 Å². The van der Waals surface area contributed by atoms with Gasteiger partial charge in [-0.25, -0.2) is 4.98 Å². The first-order valence-electron chi connectivity index (χ1n) is 6.48. The summed E-state index contributed by atoms with van der Waals surface area (Å²) in [5.41, 5.74) is 1.88. The summed E-state index contributed by atoms with van der Waals surface area (Å²) < 4.78 is 0. The van der Waals surface area contributed by atoms with Crippen molar-refractivity contribution in [1.29, 1.82) is 0 Å². The van der Waals surface area contributed by atoms with E-state index in [1.54, 1.807) is 35.9 Å². The second-order valence-electron chi connectivity index (χ2n) is 4.58. The Labute approximate surface area is 115 Å². The van der Waals surface area contributed by atoms with Crippen molar-refractivity contribution in [3.05, 3.63) is 45.7 Å². The summed E-state index contributed by atoms with van der Waals surface area (Å²) in [4.78, 5) is 21.8. The Balaban J connectivity index is 1.51. The number of nitrogens with zero attached hydrogens (tertiary/aromatic N) is 2. The monoisotopic (exact) mass is 273 g/mol. The molecule has 0 aliphatic heterocycles. The van der Waals surface area contributed by atoms with Crippen LogP contribution in [0.5, 0.6) is 0 Å². The normalized spacial score (nSPS) is 13.3. The number of hydrogen-bond acceptors (Lipinski definition) is 4. The van der Waals surface area contributed by atoms with Gasteiger partial charge in [-0.05, 0) is 31.4 Å². The molecule has 0 unspecified atom stereocenters. The topological polar surface area (TPSA) is 54.9 Å². The summed E-state index contributed by atoms with van der Waals surface area (Å²) >= 11 is 1.79. The lowest BCUT2D eigenvalue weighted by Gasteiger charge is -2.03. The van der Waals surface area contributed by atoms with Crippen LogP contribution in [0.1, 0.15) is 32.4 Å². The predicted octanol–water partition coefficient (Wildman–Crippen LogP) is 2.00. The first-order valence-corrected chi connectivity index (χ1v) is 7.30. The highest BCUT2D eigenvalue weighted by atomic mass is 32.1. The van der Waals surface area contributed by atoms with Gasteiger partial charge in [-0.1, -0.05) is 0 Å². The maximum atomic E-state index is 11.8. The zero-order valence-electron chi connectivity index (χ0n) is 10.6. The van der Waals surface area contributed by atoms with Crippen LogP contribution in [-0.4, -0.2) is 22.4 Å². The number of rotatable bonds is 4. The Kier molecular flexibility index (Phi) is 3.55. The minimum atomic E-state index is -0.0720. The zero-order valence-corrected chi connectivity index (χ0v) is 11.4. The highest BCUT2D eigenvalue weighted by Gasteiger charge is 2.16. The summed E-state index contributed by atoms with van der Waals surface area (Å²) in [6, 6.07) is 3.53. The van der Waals surface area contributed by atoms with Gasteiger partial charge in [0.25, 0.3) is 5.91 Å². The quantitative estimate of drug-likeness (QED) is 0.927. The fourth-order valence-corrected chi connectivity index (χ4v) is 3.39. The van der Waals surface area contributed by atoms with E-state index >= 15 is 0 Å². The number of aryl methyl sites for hydroxylation is 2. The van der Waals surface area contributed by atoms with Crippen LogP contribution < -0.4 is 5.32 Å². The number of carbonyl (C=O) groups excluding carboxylic acids is 1. The lowest BCUT2D eigenvalue weighted by molar-refractivity contribution is 0.0954. The van der Waals surface area contributed by atoms with E-state index in [0.29, 0.717) is 12.1 Å². The molecule has 1 amide bonds. The van der Waals surface area contributed by atoms with E-state index < -0.39 is 0 Å². The first-order chi connectivity index (χ1) is 9.33. The van der Waals surface area contributed by atoms with E-state index in [9.17, 15) is 4.79 Å². The highest BCUT2D eigenvalue weighted by Crippen LogP contribution is 2.27. The van der Waals surface area contributed by atoms with Crippen molar-refractivity contribution in [2.45, 2.75) is 25.7 Å². The van der Waals surface area contributed by atoms with Crippen molar-refractivity contribution in [2.75, 3.05) is 6.54 Å². The maximum absolute atomic E-state index is 11.8. The molecule has 19 heavy (non-hydrogen) atoms. The summed E-state index contributed by atoms with van der Waals surface area (Å²) in [5, 5.41) is 4.04. The first kappa shape index (κ1) is 12.3. The molecule has 1 aliphatic rings. The van der Waals surface area contributed by atoms with Crippen LogP contribution in [0.15, 0.2) is 24.5 Å². The number of amides is 1. The Morgan fingerprint density at radius 1 is 1.42 bits per heavy atom. The third-order valence-electron chi connectivity index (χ3n) is 3.19. The van der Waals surface area contributed by atoms with Crippen LogP contribution in [0.3, 0.4) is 0 Å². The largest absolute Gasteiger partial charge is 0.352 e. The van der Waals surface area contributed by atoms with Gasteiger partial charge in [-0.15, -0.1) is 11.3 Å². The van der Waals surface area contributed by atoms with Gasteiger partial charge in [0.15, 0.2) is 0 Å². The van der Waals surface area contributed by atoms with E-state index in [4.69, 9.17) is 0 Å². The van der Waals surface area contributed by atoms with E-state index in [2.05, 4.69) is 15.3 Å². The molecule has 2 aromatic heterocycles. The third kappa shape index (κ3) is 2.81. The molecule has 4 nitrogen and oxygen atoms in total. The van der Waals surface area contributed by atoms with Crippen LogP contribution in [-0.2, 0) is 19.3 Å². The molecule has 5 heteroatoms. The van der Waals surface area contributed by atoms with Gasteiger partial charge in [0, 0.05) is 30.2 Å². The molecule has 0 bridgehead atoms. The lowest BCUT2D eigenvalue weighted by atomic mass is 10.2. The molecule has 2 aromatic rings. The van der Waals surface area contributed by atoms with Gasteiger partial charge in [0.1, 0.15) is 0 Å². The molecule has 0 saturated carbocycles. The molecule has 0 spiro atoms. The van der Waals surface area contributed by atoms with E-state index in [-0.39, 0.29) is 5.91 Å². The van der Waals surface area contributed by atoms with Crippen LogP contribution in [0.25, 0.3) is 0 Å². The SMILES string of the molecule is O=C(NCCc1nc2c(s1)CCC2)c1cccnc1. The second kappa shape index (κ2) is 5.48. The molecular formula is C14H15N3OS. The average molecular weight is 273 g/mol. The minimum Gasteiger partial charge on any atom is -0.352 e. The molecule has 98 valence electrons. The number of aromatic nitrogens is 2. The van der Waals surface area contributed by atoms with Crippen LogP contribution in [0, 0.1) is 0 Å². The predicted molar refractivity (Wildman–Crippen MR) is 74.4 cm³/mol. The molecule has 1 N–H and O–H groups in total. The average Bonchev–Trinajstić information content (AvgIpc) is 3.00. The molecule has 0 fully saturated rings. The fourth-order valence-electron chi connectivity index (χ4n) is 2.23. The molecule has 0 atom stereocenters. The van der Waals surface area contributed by atoms with Crippen molar-refractivity contribution in [1.82, 2.24) is 15.3 Å². The van der Waals surface area contributed by atoms with Crippen LogP contribution in [0.2, 0.25) is 0 Å².